The summed E-state index contributed by atoms with van der Waals surface area (Å²) in [5.41, 5.74) is 1.33. The normalized spacial score (nSPS) is 35.6. The van der Waals surface area contributed by atoms with Gasteiger partial charge in [0.05, 0.1) is 0 Å². The van der Waals surface area contributed by atoms with Gasteiger partial charge in [-0.05, 0) is 80.4 Å². The summed E-state index contributed by atoms with van der Waals surface area (Å²) in [5, 5.41) is 4.19. The monoisotopic (exact) mass is 317 g/mol. The van der Waals surface area contributed by atoms with Gasteiger partial charge >= 0.3 is 0 Å². The van der Waals surface area contributed by atoms with Gasteiger partial charge in [0.25, 0.3) is 0 Å². The minimum atomic E-state index is 0.145. The fraction of sp³-hybridized carbons (Fsp3) is 0.632. The van der Waals surface area contributed by atoms with E-state index in [0.29, 0.717) is 6.42 Å². The van der Waals surface area contributed by atoms with E-state index in [-0.39, 0.29) is 11.4 Å². The molecule has 0 saturated heterocycles. The van der Waals surface area contributed by atoms with E-state index in [1.54, 1.807) is 0 Å². The molecule has 4 bridgehead atoms. The second kappa shape index (κ2) is 5.56. The Balaban J connectivity index is 1.35. The van der Waals surface area contributed by atoms with Crippen LogP contribution in [0.2, 0.25) is 5.02 Å². The molecule has 3 heteroatoms. The van der Waals surface area contributed by atoms with E-state index in [0.717, 1.165) is 29.2 Å². The number of rotatable bonds is 4. The Morgan fingerprint density at radius 2 is 1.59 bits per heavy atom. The third kappa shape index (κ3) is 2.90. The van der Waals surface area contributed by atoms with Gasteiger partial charge in [-0.25, -0.2) is 0 Å². The SMILES string of the molecule is O=C(CCc1ccc(Cl)cc1)NC12CC3CC(CC(C3)C1)C2. The number of halogens is 1. The molecule has 5 rings (SSSR count). The van der Waals surface area contributed by atoms with Gasteiger partial charge in [-0.15, -0.1) is 0 Å². The Kier molecular flexibility index (Phi) is 3.68. The van der Waals surface area contributed by atoms with Gasteiger partial charge in [0, 0.05) is 17.0 Å². The van der Waals surface area contributed by atoms with Crippen molar-refractivity contribution in [1.29, 1.82) is 0 Å². The van der Waals surface area contributed by atoms with Gasteiger partial charge in [0.2, 0.25) is 5.91 Å². The molecule has 1 aromatic rings. The molecule has 4 saturated carbocycles. The largest absolute Gasteiger partial charge is 0.351 e. The number of hydrogen-bond donors (Lipinski definition) is 1. The van der Waals surface area contributed by atoms with Gasteiger partial charge in [0.1, 0.15) is 0 Å². The van der Waals surface area contributed by atoms with Crippen molar-refractivity contribution in [3.05, 3.63) is 34.9 Å². The Labute approximate surface area is 137 Å². The highest BCUT2D eigenvalue weighted by atomic mass is 35.5. The Morgan fingerprint density at radius 1 is 1.05 bits per heavy atom. The van der Waals surface area contributed by atoms with Crippen molar-refractivity contribution in [2.75, 3.05) is 0 Å². The number of nitrogens with one attached hydrogen (secondary N) is 1. The molecule has 2 nitrogen and oxygen atoms in total. The smallest absolute Gasteiger partial charge is 0.220 e. The second-order valence-corrected chi connectivity index (χ2v) is 8.31. The van der Waals surface area contributed by atoms with E-state index >= 15 is 0 Å². The standard InChI is InChI=1S/C19H24ClNO/c20-17-4-1-13(2-5-17)3-6-18(22)21-19-10-14-7-15(11-19)9-16(8-14)12-19/h1-2,4-5,14-16H,3,6-12H2,(H,21,22). The number of aryl methyl sites for hydroxylation is 1. The van der Waals surface area contributed by atoms with Crippen molar-refractivity contribution in [3.8, 4) is 0 Å². The zero-order valence-electron chi connectivity index (χ0n) is 13.0. The molecule has 22 heavy (non-hydrogen) atoms. The van der Waals surface area contributed by atoms with Crippen LogP contribution in [0.5, 0.6) is 0 Å². The lowest BCUT2D eigenvalue weighted by atomic mass is 9.53. The first kappa shape index (κ1) is 14.6. The van der Waals surface area contributed by atoms with E-state index < -0.39 is 0 Å². The maximum atomic E-state index is 12.4. The average Bonchev–Trinajstić information content (AvgIpc) is 2.44. The highest BCUT2D eigenvalue weighted by Crippen LogP contribution is 2.55. The van der Waals surface area contributed by atoms with Crippen LogP contribution in [0.15, 0.2) is 24.3 Å². The first-order valence-corrected chi connectivity index (χ1v) is 9.03. The van der Waals surface area contributed by atoms with Gasteiger partial charge < -0.3 is 5.32 Å². The third-order valence-corrected chi connectivity index (χ3v) is 6.25. The summed E-state index contributed by atoms with van der Waals surface area (Å²) in [6, 6.07) is 7.82. The lowest BCUT2D eigenvalue weighted by Crippen LogP contribution is -2.59. The molecule has 0 heterocycles. The summed E-state index contributed by atoms with van der Waals surface area (Å²) in [4.78, 5) is 12.4. The molecular formula is C19H24ClNO. The molecule has 4 aliphatic carbocycles. The van der Waals surface area contributed by atoms with Crippen molar-refractivity contribution in [2.24, 2.45) is 17.8 Å². The van der Waals surface area contributed by atoms with Crippen LogP contribution in [0.25, 0.3) is 0 Å². The molecule has 0 spiro atoms. The van der Waals surface area contributed by atoms with Gasteiger partial charge in [-0.2, -0.15) is 0 Å². The lowest BCUT2D eigenvalue weighted by Gasteiger charge is -2.56. The average molecular weight is 318 g/mol. The minimum absolute atomic E-state index is 0.145. The highest BCUT2D eigenvalue weighted by Gasteiger charge is 2.51. The van der Waals surface area contributed by atoms with Crippen LogP contribution < -0.4 is 5.32 Å². The first-order valence-electron chi connectivity index (χ1n) is 8.66. The molecule has 0 radical (unpaired) electrons. The molecule has 4 aliphatic rings. The Bertz CT molecular complexity index is 530. The number of benzene rings is 1. The molecule has 1 N–H and O–H groups in total. The highest BCUT2D eigenvalue weighted by molar-refractivity contribution is 6.30. The summed E-state index contributed by atoms with van der Waals surface area (Å²) in [6.45, 7) is 0. The lowest BCUT2D eigenvalue weighted by molar-refractivity contribution is -0.126. The maximum absolute atomic E-state index is 12.4. The molecule has 0 atom stereocenters. The summed E-state index contributed by atoms with van der Waals surface area (Å²) in [5.74, 6) is 2.87. The molecule has 1 amide bonds. The van der Waals surface area contributed by atoms with Crippen LogP contribution in [0.1, 0.15) is 50.5 Å². The van der Waals surface area contributed by atoms with E-state index in [4.69, 9.17) is 11.6 Å². The summed E-state index contributed by atoms with van der Waals surface area (Å²) in [7, 11) is 0. The van der Waals surface area contributed by atoms with Gasteiger partial charge in [-0.1, -0.05) is 23.7 Å². The molecule has 118 valence electrons. The number of amides is 1. The second-order valence-electron chi connectivity index (χ2n) is 7.87. The van der Waals surface area contributed by atoms with Crippen molar-refractivity contribution in [1.82, 2.24) is 5.32 Å². The first-order chi connectivity index (χ1) is 10.6. The van der Waals surface area contributed by atoms with Crippen LogP contribution in [0.4, 0.5) is 0 Å². The topological polar surface area (TPSA) is 29.1 Å². The van der Waals surface area contributed by atoms with Crippen molar-refractivity contribution in [2.45, 2.75) is 56.9 Å². The maximum Gasteiger partial charge on any atom is 0.220 e. The molecule has 4 fully saturated rings. The predicted octanol–water partition coefficient (Wildman–Crippen LogP) is 4.36. The van der Waals surface area contributed by atoms with Crippen molar-refractivity contribution in [3.63, 3.8) is 0 Å². The van der Waals surface area contributed by atoms with Crippen LogP contribution in [-0.4, -0.2) is 11.4 Å². The summed E-state index contributed by atoms with van der Waals surface area (Å²) >= 11 is 5.90. The molecule has 0 aliphatic heterocycles. The fourth-order valence-electron chi connectivity index (χ4n) is 5.53. The van der Waals surface area contributed by atoms with E-state index in [2.05, 4.69) is 5.32 Å². The molecule has 0 unspecified atom stereocenters. The quantitative estimate of drug-likeness (QED) is 0.878. The van der Waals surface area contributed by atoms with Gasteiger partial charge in [0.15, 0.2) is 0 Å². The third-order valence-electron chi connectivity index (χ3n) is 6.00. The summed E-state index contributed by atoms with van der Waals surface area (Å²) < 4.78 is 0. The van der Waals surface area contributed by atoms with Crippen LogP contribution in [0.3, 0.4) is 0 Å². The van der Waals surface area contributed by atoms with Gasteiger partial charge in [-0.3, -0.25) is 4.79 Å². The molecule has 1 aromatic carbocycles. The van der Waals surface area contributed by atoms with E-state index in [1.807, 2.05) is 24.3 Å². The predicted molar refractivity (Wildman–Crippen MR) is 88.8 cm³/mol. The molecular weight excluding hydrogens is 294 g/mol. The number of carbonyl (C=O) groups is 1. The number of hydrogen-bond acceptors (Lipinski definition) is 1. The summed E-state index contributed by atoms with van der Waals surface area (Å²) in [6.07, 6.45) is 9.32. The van der Waals surface area contributed by atoms with Crippen LogP contribution >= 0.6 is 11.6 Å². The fourth-order valence-corrected chi connectivity index (χ4v) is 5.66. The minimum Gasteiger partial charge on any atom is -0.351 e. The van der Waals surface area contributed by atoms with Crippen LogP contribution in [-0.2, 0) is 11.2 Å². The Morgan fingerprint density at radius 3 is 2.14 bits per heavy atom. The Hall–Kier alpha value is -1.02. The van der Waals surface area contributed by atoms with Crippen LogP contribution in [0, 0.1) is 17.8 Å². The number of carbonyl (C=O) groups excluding carboxylic acids is 1. The zero-order valence-corrected chi connectivity index (χ0v) is 13.7. The van der Waals surface area contributed by atoms with E-state index in [9.17, 15) is 4.79 Å². The van der Waals surface area contributed by atoms with Crippen molar-refractivity contribution >= 4 is 17.5 Å². The zero-order chi connectivity index (χ0) is 15.2. The van der Waals surface area contributed by atoms with Crippen molar-refractivity contribution < 1.29 is 4.79 Å². The van der Waals surface area contributed by atoms with E-state index in [1.165, 1.54) is 44.1 Å². The molecule has 0 aromatic heterocycles.